The summed E-state index contributed by atoms with van der Waals surface area (Å²) in [5.74, 6) is 0.857. The van der Waals surface area contributed by atoms with Crippen molar-refractivity contribution in [2.24, 2.45) is 5.41 Å². The first-order chi connectivity index (χ1) is 12.2. The van der Waals surface area contributed by atoms with Gasteiger partial charge in [-0.25, -0.2) is 8.42 Å². The van der Waals surface area contributed by atoms with Crippen LogP contribution in [0.25, 0.3) is 0 Å². The Hall–Kier alpha value is -1.15. The number of hydrogen-bond acceptors (Lipinski definition) is 4. The van der Waals surface area contributed by atoms with Crippen LogP contribution in [0, 0.1) is 5.41 Å². The van der Waals surface area contributed by atoms with Gasteiger partial charge in [-0.15, -0.1) is 0 Å². The van der Waals surface area contributed by atoms with Crippen LogP contribution in [0.5, 0.6) is 0 Å². The summed E-state index contributed by atoms with van der Waals surface area (Å²) in [5, 5.41) is 0. The molecular formula is C18H23F3N2O2S. The van der Waals surface area contributed by atoms with Gasteiger partial charge in [0.1, 0.15) is 5.69 Å². The maximum Gasteiger partial charge on any atom is 0.433 e. The molecule has 3 heterocycles. The second-order valence-corrected chi connectivity index (χ2v) is 10.3. The number of pyridine rings is 1. The SMILES string of the molecule is O=S1(=O)CC2(CCN([C@@H]3CCC[C@H](c4ccc(C(F)(F)F)nc4)C3)C2)C1. The Morgan fingerprint density at radius 3 is 2.58 bits per heavy atom. The average Bonchev–Trinajstić information content (AvgIpc) is 2.98. The molecule has 3 aliphatic rings. The lowest BCUT2D eigenvalue weighted by atomic mass is 9.81. The molecule has 0 N–H and O–H groups in total. The molecule has 1 saturated carbocycles. The Balaban J connectivity index is 1.40. The highest BCUT2D eigenvalue weighted by molar-refractivity contribution is 7.92. The first-order valence-electron chi connectivity index (χ1n) is 9.14. The first-order valence-corrected chi connectivity index (χ1v) is 11.0. The number of likely N-dealkylation sites (tertiary alicyclic amines) is 1. The highest BCUT2D eigenvalue weighted by Crippen LogP contribution is 2.44. The van der Waals surface area contributed by atoms with Crippen molar-refractivity contribution < 1.29 is 21.6 Å². The van der Waals surface area contributed by atoms with Crippen molar-refractivity contribution in [2.75, 3.05) is 24.6 Å². The predicted octanol–water partition coefficient (Wildman–Crippen LogP) is 3.25. The number of alkyl halides is 3. The normalized spacial score (nSPS) is 31.0. The average molecular weight is 388 g/mol. The van der Waals surface area contributed by atoms with E-state index in [1.165, 1.54) is 6.20 Å². The monoisotopic (exact) mass is 388 g/mol. The Labute approximate surface area is 151 Å². The van der Waals surface area contributed by atoms with Gasteiger partial charge in [-0.3, -0.25) is 9.88 Å². The molecule has 0 bridgehead atoms. The molecule has 4 rings (SSSR count). The molecule has 1 aromatic heterocycles. The fourth-order valence-corrected chi connectivity index (χ4v) is 7.27. The zero-order chi connectivity index (χ0) is 18.6. The smallest absolute Gasteiger partial charge is 0.300 e. The number of sulfone groups is 1. The largest absolute Gasteiger partial charge is 0.433 e. The minimum Gasteiger partial charge on any atom is -0.300 e. The van der Waals surface area contributed by atoms with Gasteiger partial charge >= 0.3 is 6.18 Å². The van der Waals surface area contributed by atoms with Gasteiger partial charge in [0.05, 0.1) is 11.5 Å². The molecule has 0 unspecified atom stereocenters. The molecule has 8 heteroatoms. The summed E-state index contributed by atoms with van der Waals surface area (Å²) >= 11 is 0. The Bertz CT molecular complexity index is 765. The maximum absolute atomic E-state index is 12.7. The highest BCUT2D eigenvalue weighted by Gasteiger charge is 2.53. The van der Waals surface area contributed by atoms with Gasteiger partial charge < -0.3 is 0 Å². The summed E-state index contributed by atoms with van der Waals surface area (Å²) in [4.78, 5) is 6.02. The molecule has 144 valence electrons. The third-order valence-electron chi connectivity index (χ3n) is 6.23. The van der Waals surface area contributed by atoms with E-state index < -0.39 is 21.7 Å². The van der Waals surface area contributed by atoms with Crippen LogP contribution in [0.1, 0.15) is 49.3 Å². The predicted molar refractivity (Wildman–Crippen MR) is 91.5 cm³/mol. The van der Waals surface area contributed by atoms with Gasteiger partial charge in [-0.2, -0.15) is 13.2 Å². The van der Waals surface area contributed by atoms with E-state index in [0.717, 1.165) is 56.8 Å². The Morgan fingerprint density at radius 2 is 1.96 bits per heavy atom. The van der Waals surface area contributed by atoms with Crippen LogP contribution in [0.2, 0.25) is 0 Å². The van der Waals surface area contributed by atoms with Crippen LogP contribution < -0.4 is 0 Å². The summed E-state index contributed by atoms with van der Waals surface area (Å²) in [6.07, 6.45) is 1.91. The van der Waals surface area contributed by atoms with Gasteiger partial charge in [0.25, 0.3) is 0 Å². The quantitative estimate of drug-likeness (QED) is 0.781. The van der Waals surface area contributed by atoms with E-state index in [4.69, 9.17) is 0 Å². The van der Waals surface area contributed by atoms with E-state index in [1.807, 2.05) is 0 Å². The van der Waals surface area contributed by atoms with Crippen molar-refractivity contribution in [3.05, 3.63) is 29.6 Å². The standard InChI is InChI=1S/C18H23F3N2O2S/c19-18(20,21)16-5-4-14(9-22-16)13-2-1-3-15(8-13)23-7-6-17(10-23)11-26(24,25)12-17/h4-5,9,13,15H,1-3,6-8,10-12H2/t13-,15+/m0/s1. The second-order valence-electron chi connectivity index (χ2n) is 8.24. The second kappa shape index (κ2) is 6.19. The van der Waals surface area contributed by atoms with E-state index in [0.29, 0.717) is 17.5 Å². The van der Waals surface area contributed by atoms with E-state index in [9.17, 15) is 21.6 Å². The molecule has 1 aromatic rings. The van der Waals surface area contributed by atoms with Crippen LogP contribution >= 0.6 is 0 Å². The zero-order valence-electron chi connectivity index (χ0n) is 14.5. The van der Waals surface area contributed by atoms with Crippen molar-refractivity contribution in [1.29, 1.82) is 0 Å². The van der Waals surface area contributed by atoms with Crippen molar-refractivity contribution in [2.45, 2.75) is 50.2 Å². The summed E-state index contributed by atoms with van der Waals surface area (Å²) in [5.41, 5.74) is -0.00840. The van der Waals surface area contributed by atoms with Crippen molar-refractivity contribution in [3.63, 3.8) is 0 Å². The lowest BCUT2D eigenvalue weighted by molar-refractivity contribution is -0.141. The van der Waals surface area contributed by atoms with Crippen LogP contribution in [-0.4, -0.2) is 48.9 Å². The number of aromatic nitrogens is 1. The Kier molecular flexibility index (Phi) is 4.34. The number of halogens is 3. The maximum atomic E-state index is 12.7. The molecule has 1 aliphatic carbocycles. The molecule has 2 atom stereocenters. The van der Waals surface area contributed by atoms with Gasteiger partial charge in [0, 0.05) is 24.2 Å². The molecule has 0 radical (unpaired) electrons. The minimum atomic E-state index is -4.40. The molecule has 2 aliphatic heterocycles. The van der Waals surface area contributed by atoms with Crippen molar-refractivity contribution in [3.8, 4) is 0 Å². The minimum absolute atomic E-state index is 0.0400. The van der Waals surface area contributed by atoms with E-state index in [-0.39, 0.29) is 11.3 Å². The van der Waals surface area contributed by atoms with Crippen LogP contribution in [0.4, 0.5) is 13.2 Å². The molecule has 0 amide bonds. The summed E-state index contributed by atoms with van der Waals surface area (Å²) in [6, 6.07) is 3.02. The molecule has 2 saturated heterocycles. The molecule has 1 spiro atoms. The van der Waals surface area contributed by atoms with Gasteiger partial charge in [-0.05, 0) is 49.8 Å². The number of nitrogens with zero attached hydrogens (tertiary/aromatic N) is 2. The molecule has 0 aromatic carbocycles. The lowest BCUT2D eigenvalue weighted by Gasteiger charge is -2.40. The van der Waals surface area contributed by atoms with Crippen LogP contribution in [0.15, 0.2) is 18.3 Å². The third-order valence-corrected chi connectivity index (χ3v) is 8.34. The lowest BCUT2D eigenvalue weighted by Crippen LogP contribution is -2.51. The van der Waals surface area contributed by atoms with E-state index >= 15 is 0 Å². The summed E-state index contributed by atoms with van der Waals surface area (Å²) in [7, 11) is -2.82. The number of rotatable bonds is 2. The van der Waals surface area contributed by atoms with Crippen LogP contribution in [0.3, 0.4) is 0 Å². The van der Waals surface area contributed by atoms with Crippen molar-refractivity contribution in [1.82, 2.24) is 9.88 Å². The molecule has 3 fully saturated rings. The number of hydrogen-bond donors (Lipinski definition) is 0. The fourth-order valence-electron chi connectivity index (χ4n) is 5.02. The first kappa shape index (κ1) is 18.2. The van der Waals surface area contributed by atoms with E-state index in [2.05, 4.69) is 9.88 Å². The third kappa shape index (κ3) is 3.50. The molecule has 26 heavy (non-hydrogen) atoms. The molecule has 4 nitrogen and oxygen atoms in total. The molecular weight excluding hydrogens is 365 g/mol. The van der Waals surface area contributed by atoms with Gasteiger partial charge in [0.2, 0.25) is 0 Å². The zero-order valence-corrected chi connectivity index (χ0v) is 15.3. The highest BCUT2D eigenvalue weighted by atomic mass is 32.2. The topological polar surface area (TPSA) is 50.3 Å². The van der Waals surface area contributed by atoms with E-state index in [1.54, 1.807) is 6.07 Å². The van der Waals surface area contributed by atoms with Gasteiger partial charge in [-0.1, -0.05) is 12.5 Å². The van der Waals surface area contributed by atoms with Crippen LogP contribution in [-0.2, 0) is 16.0 Å². The fraction of sp³-hybridized carbons (Fsp3) is 0.722. The summed E-state index contributed by atoms with van der Waals surface area (Å²) < 4.78 is 61.2. The van der Waals surface area contributed by atoms with Crippen molar-refractivity contribution >= 4 is 9.84 Å². The summed E-state index contributed by atoms with van der Waals surface area (Å²) in [6.45, 7) is 1.77. The van der Waals surface area contributed by atoms with Gasteiger partial charge in [0.15, 0.2) is 9.84 Å². The Morgan fingerprint density at radius 1 is 1.19 bits per heavy atom.